The van der Waals surface area contributed by atoms with Gasteiger partial charge in [0, 0.05) is 23.3 Å². The van der Waals surface area contributed by atoms with Crippen LogP contribution in [-0.2, 0) is 0 Å². The van der Waals surface area contributed by atoms with E-state index in [4.69, 9.17) is 5.73 Å². The molecule has 0 aliphatic carbocycles. The molecule has 0 aliphatic rings. The maximum atomic E-state index is 12.4. The second kappa shape index (κ2) is 6.59. The van der Waals surface area contributed by atoms with Crippen molar-refractivity contribution in [3.63, 3.8) is 0 Å². The van der Waals surface area contributed by atoms with Crippen molar-refractivity contribution in [1.29, 1.82) is 0 Å². The molecule has 3 aromatic rings. The standard InChI is InChI=1S/C17H14N4O2S/c1-10-2-3-12(15(18)22)13(8-10)20-16(23)14-9-24-17(21-14)11-4-6-19-7-5-11/h2-9H,1H3,(H2,18,22)(H,20,23). The zero-order chi connectivity index (χ0) is 17.1. The van der Waals surface area contributed by atoms with Gasteiger partial charge in [0.1, 0.15) is 10.7 Å². The average Bonchev–Trinajstić information content (AvgIpc) is 3.05. The number of carbonyl (C=O) groups excluding carboxylic acids is 2. The molecule has 0 unspecified atom stereocenters. The van der Waals surface area contributed by atoms with Crippen LogP contribution in [0.25, 0.3) is 10.6 Å². The van der Waals surface area contributed by atoms with Crippen LogP contribution >= 0.6 is 11.3 Å². The van der Waals surface area contributed by atoms with Gasteiger partial charge in [-0.1, -0.05) is 6.07 Å². The van der Waals surface area contributed by atoms with Crippen LogP contribution in [0.15, 0.2) is 48.1 Å². The highest BCUT2D eigenvalue weighted by molar-refractivity contribution is 7.13. The molecule has 0 saturated heterocycles. The first-order valence-corrected chi connectivity index (χ1v) is 8.00. The van der Waals surface area contributed by atoms with Crippen molar-refractivity contribution in [3.8, 4) is 10.6 Å². The van der Waals surface area contributed by atoms with Crippen LogP contribution in [0.4, 0.5) is 5.69 Å². The number of hydrogen-bond donors (Lipinski definition) is 2. The first kappa shape index (κ1) is 15.8. The van der Waals surface area contributed by atoms with E-state index in [-0.39, 0.29) is 17.2 Å². The molecule has 2 heterocycles. The van der Waals surface area contributed by atoms with Crippen LogP contribution in [0.3, 0.4) is 0 Å². The summed E-state index contributed by atoms with van der Waals surface area (Å²) in [6, 6.07) is 8.71. The summed E-state index contributed by atoms with van der Waals surface area (Å²) in [6.45, 7) is 1.87. The van der Waals surface area contributed by atoms with Crippen molar-refractivity contribution in [3.05, 3.63) is 64.9 Å². The van der Waals surface area contributed by atoms with E-state index in [0.717, 1.165) is 16.1 Å². The molecule has 0 bridgehead atoms. The topological polar surface area (TPSA) is 98.0 Å². The summed E-state index contributed by atoms with van der Waals surface area (Å²) < 4.78 is 0. The first-order chi connectivity index (χ1) is 11.5. The van der Waals surface area contributed by atoms with Gasteiger partial charge in [-0.3, -0.25) is 14.6 Å². The van der Waals surface area contributed by atoms with Gasteiger partial charge < -0.3 is 11.1 Å². The number of rotatable bonds is 4. The van der Waals surface area contributed by atoms with Gasteiger partial charge in [0.05, 0.1) is 11.3 Å². The van der Waals surface area contributed by atoms with Crippen LogP contribution in [0.1, 0.15) is 26.4 Å². The van der Waals surface area contributed by atoms with Gasteiger partial charge in [-0.2, -0.15) is 0 Å². The number of aryl methyl sites for hydroxylation is 1. The van der Waals surface area contributed by atoms with Gasteiger partial charge >= 0.3 is 0 Å². The fourth-order valence-corrected chi connectivity index (χ4v) is 2.97. The Hall–Kier alpha value is -3.06. The van der Waals surface area contributed by atoms with E-state index in [1.165, 1.54) is 11.3 Å². The number of benzene rings is 1. The zero-order valence-corrected chi connectivity index (χ0v) is 13.6. The number of carbonyl (C=O) groups is 2. The molecule has 0 spiro atoms. The molecule has 3 rings (SSSR count). The van der Waals surface area contributed by atoms with E-state index in [0.29, 0.717) is 5.69 Å². The highest BCUT2D eigenvalue weighted by Gasteiger charge is 2.15. The van der Waals surface area contributed by atoms with Crippen LogP contribution in [-0.4, -0.2) is 21.8 Å². The molecule has 3 N–H and O–H groups in total. The van der Waals surface area contributed by atoms with Crippen molar-refractivity contribution in [1.82, 2.24) is 9.97 Å². The minimum atomic E-state index is -0.596. The molecule has 2 aromatic heterocycles. The number of nitrogens with zero attached hydrogens (tertiary/aromatic N) is 2. The molecule has 7 heteroatoms. The smallest absolute Gasteiger partial charge is 0.275 e. The lowest BCUT2D eigenvalue weighted by atomic mass is 10.1. The Morgan fingerprint density at radius 3 is 2.62 bits per heavy atom. The number of hydrogen-bond acceptors (Lipinski definition) is 5. The molecule has 0 atom stereocenters. The Balaban J connectivity index is 1.85. The minimum absolute atomic E-state index is 0.263. The van der Waals surface area contributed by atoms with Gasteiger partial charge in [-0.15, -0.1) is 11.3 Å². The maximum Gasteiger partial charge on any atom is 0.275 e. The van der Waals surface area contributed by atoms with E-state index in [1.807, 2.05) is 19.1 Å². The minimum Gasteiger partial charge on any atom is -0.366 e. The summed E-state index contributed by atoms with van der Waals surface area (Å²) in [5, 5.41) is 5.10. The van der Waals surface area contributed by atoms with Crippen molar-refractivity contribution >= 4 is 28.8 Å². The van der Waals surface area contributed by atoms with Crippen molar-refractivity contribution in [2.24, 2.45) is 5.73 Å². The van der Waals surface area contributed by atoms with Crippen LogP contribution in [0.2, 0.25) is 0 Å². The Bertz CT molecular complexity index is 906. The van der Waals surface area contributed by atoms with E-state index >= 15 is 0 Å². The number of nitrogens with one attached hydrogen (secondary N) is 1. The number of anilines is 1. The Kier molecular flexibility index (Phi) is 4.35. The molecular formula is C17H14N4O2S. The molecule has 0 aliphatic heterocycles. The summed E-state index contributed by atoms with van der Waals surface area (Å²) in [6.07, 6.45) is 3.34. The number of aromatic nitrogens is 2. The lowest BCUT2D eigenvalue weighted by Crippen LogP contribution is -2.18. The molecule has 0 saturated carbocycles. The number of thiazole rings is 1. The van der Waals surface area contributed by atoms with Crippen LogP contribution < -0.4 is 11.1 Å². The lowest BCUT2D eigenvalue weighted by molar-refractivity contribution is 0.100. The summed E-state index contributed by atoms with van der Waals surface area (Å²) in [5.74, 6) is -0.985. The fourth-order valence-electron chi connectivity index (χ4n) is 2.17. The molecular weight excluding hydrogens is 324 g/mol. The first-order valence-electron chi connectivity index (χ1n) is 7.12. The molecule has 1 aromatic carbocycles. The maximum absolute atomic E-state index is 12.4. The van der Waals surface area contributed by atoms with E-state index in [1.54, 1.807) is 36.0 Å². The molecule has 0 fully saturated rings. The lowest BCUT2D eigenvalue weighted by Gasteiger charge is -2.08. The monoisotopic (exact) mass is 338 g/mol. The summed E-state index contributed by atoms with van der Waals surface area (Å²) in [7, 11) is 0. The summed E-state index contributed by atoms with van der Waals surface area (Å²) in [4.78, 5) is 32.2. The SMILES string of the molecule is Cc1ccc(C(N)=O)c(NC(=O)c2csc(-c3ccncc3)n2)c1. The number of pyridine rings is 1. The van der Waals surface area contributed by atoms with Crippen molar-refractivity contribution in [2.45, 2.75) is 6.92 Å². The molecule has 24 heavy (non-hydrogen) atoms. The van der Waals surface area contributed by atoms with Crippen LogP contribution in [0, 0.1) is 6.92 Å². The fraction of sp³-hybridized carbons (Fsp3) is 0.0588. The number of amides is 2. The molecule has 2 amide bonds. The third-order valence-electron chi connectivity index (χ3n) is 3.35. The summed E-state index contributed by atoms with van der Waals surface area (Å²) >= 11 is 1.36. The third-order valence-corrected chi connectivity index (χ3v) is 4.24. The number of primary amides is 1. The molecule has 120 valence electrons. The molecule has 6 nitrogen and oxygen atoms in total. The predicted octanol–water partition coefficient (Wildman–Crippen LogP) is 2.86. The van der Waals surface area contributed by atoms with Gasteiger partial charge in [0.15, 0.2) is 0 Å². The largest absolute Gasteiger partial charge is 0.366 e. The Morgan fingerprint density at radius 1 is 1.17 bits per heavy atom. The highest BCUT2D eigenvalue weighted by atomic mass is 32.1. The van der Waals surface area contributed by atoms with Crippen molar-refractivity contribution in [2.75, 3.05) is 5.32 Å². The normalized spacial score (nSPS) is 10.4. The Labute approximate surface area is 142 Å². The summed E-state index contributed by atoms with van der Waals surface area (Å²) in [5.41, 5.74) is 8.07. The second-order valence-electron chi connectivity index (χ2n) is 5.14. The molecule has 0 radical (unpaired) electrons. The van der Waals surface area contributed by atoms with Gasteiger partial charge in [-0.25, -0.2) is 4.98 Å². The Morgan fingerprint density at radius 2 is 1.92 bits per heavy atom. The van der Waals surface area contributed by atoms with Crippen molar-refractivity contribution < 1.29 is 9.59 Å². The van der Waals surface area contributed by atoms with Gasteiger partial charge in [-0.05, 0) is 36.8 Å². The van der Waals surface area contributed by atoms with Crippen LogP contribution in [0.5, 0.6) is 0 Å². The van der Waals surface area contributed by atoms with Gasteiger partial charge in [0.2, 0.25) is 0 Å². The van der Waals surface area contributed by atoms with E-state index in [2.05, 4.69) is 15.3 Å². The van der Waals surface area contributed by atoms with E-state index in [9.17, 15) is 9.59 Å². The zero-order valence-electron chi connectivity index (χ0n) is 12.8. The number of nitrogens with two attached hydrogens (primary N) is 1. The average molecular weight is 338 g/mol. The highest BCUT2D eigenvalue weighted by Crippen LogP contribution is 2.24. The van der Waals surface area contributed by atoms with E-state index < -0.39 is 5.91 Å². The quantitative estimate of drug-likeness (QED) is 0.764. The third kappa shape index (κ3) is 3.31. The second-order valence-corrected chi connectivity index (χ2v) is 6.00. The predicted molar refractivity (Wildman–Crippen MR) is 93.0 cm³/mol. The van der Waals surface area contributed by atoms with Gasteiger partial charge in [0.25, 0.3) is 11.8 Å².